The number of carboxylic acid groups (broad SMARTS) is 1. The molecule has 0 aliphatic heterocycles. The van der Waals surface area contributed by atoms with Crippen molar-refractivity contribution in [1.82, 2.24) is 5.32 Å². The number of rotatable bonds is 4. The number of nitrogens with one attached hydrogen (secondary N) is 1. The van der Waals surface area contributed by atoms with Gasteiger partial charge in [-0.15, -0.1) is 0 Å². The molecule has 12 heavy (non-hydrogen) atoms. The van der Waals surface area contributed by atoms with Crippen molar-refractivity contribution in [2.45, 2.75) is 26.3 Å². The summed E-state index contributed by atoms with van der Waals surface area (Å²) in [7, 11) is 0. The van der Waals surface area contributed by atoms with E-state index in [4.69, 9.17) is 10.8 Å². The van der Waals surface area contributed by atoms with Crippen LogP contribution in [0.15, 0.2) is 0 Å². The minimum Gasteiger partial charge on any atom is -0.465 e. The second-order valence-corrected chi connectivity index (χ2v) is 2.89. The Labute approximate surface area is 70.9 Å². The molecule has 0 aromatic heterocycles. The van der Waals surface area contributed by atoms with Crippen molar-refractivity contribution in [1.29, 1.82) is 0 Å². The highest BCUT2D eigenvalue weighted by Crippen LogP contribution is 2.04. The highest BCUT2D eigenvalue weighted by atomic mass is 16.4. The lowest BCUT2D eigenvalue weighted by atomic mass is 10.0. The molecule has 0 rings (SSSR count). The van der Waals surface area contributed by atoms with Crippen molar-refractivity contribution in [3.63, 3.8) is 0 Å². The van der Waals surface area contributed by atoms with Gasteiger partial charge in [0.2, 0.25) is 5.91 Å². The standard InChI is InChI=1S/C7H14N2O3/c1-4(6(8)10)3-5(2)9-7(11)12/h4-5,9H,3H2,1-2H3,(H2,8,10)(H,11,12). The van der Waals surface area contributed by atoms with Crippen LogP contribution in [-0.4, -0.2) is 23.1 Å². The molecule has 4 N–H and O–H groups in total. The molecule has 0 saturated heterocycles. The van der Waals surface area contributed by atoms with Gasteiger partial charge >= 0.3 is 6.09 Å². The molecule has 2 amide bonds. The predicted molar refractivity (Wildman–Crippen MR) is 43.6 cm³/mol. The Morgan fingerprint density at radius 1 is 1.50 bits per heavy atom. The zero-order valence-electron chi connectivity index (χ0n) is 7.20. The quantitative estimate of drug-likeness (QED) is 0.566. The molecule has 0 radical (unpaired) electrons. The molecule has 0 bridgehead atoms. The minimum atomic E-state index is -1.08. The molecule has 0 aromatic carbocycles. The van der Waals surface area contributed by atoms with E-state index in [2.05, 4.69) is 5.32 Å². The van der Waals surface area contributed by atoms with Crippen LogP contribution in [0.5, 0.6) is 0 Å². The molecule has 70 valence electrons. The van der Waals surface area contributed by atoms with Crippen molar-refractivity contribution >= 4 is 12.0 Å². The van der Waals surface area contributed by atoms with Gasteiger partial charge < -0.3 is 16.2 Å². The Kier molecular flexibility index (Phi) is 4.10. The third kappa shape index (κ3) is 4.54. The van der Waals surface area contributed by atoms with Gasteiger partial charge in [0.15, 0.2) is 0 Å². The van der Waals surface area contributed by atoms with E-state index in [-0.39, 0.29) is 12.0 Å². The van der Waals surface area contributed by atoms with Gasteiger partial charge in [-0.1, -0.05) is 6.92 Å². The van der Waals surface area contributed by atoms with E-state index in [9.17, 15) is 9.59 Å². The summed E-state index contributed by atoms with van der Waals surface area (Å²) in [5.41, 5.74) is 5.00. The zero-order chi connectivity index (χ0) is 9.72. The number of carbonyl (C=O) groups excluding carboxylic acids is 1. The summed E-state index contributed by atoms with van der Waals surface area (Å²) < 4.78 is 0. The Balaban J connectivity index is 3.76. The summed E-state index contributed by atoms with van der Waals surface area (Å²) in [5, 5.41) is 10.5. The average Bonchev–Trinajstić information content (AvgIpc) is 1.84. The first-order valence-corrected chi connectivity index (χ1v) is 3.72. The largest absolute Gasteiger partial charge is 0.465 e. The number of amides is 2. The first-order chi connectivity index (χ1) is 5.43. The fraction of sp³-hybridized carbons (Fsp3) is 0.714. The molecule has 0 aliphatic rings. The monoisotopic (exact) mass is 174 g/mol. The second-order valence-electron chi connectivity index (χ2n) is 2.89. The molecule has 5 heteroatoms. The highest BCUT2D eigenvalue weighted by Gasteiger charge is 2.14. The van der Waals surface area contributed by atoms with E-state index in [1.807, 2.05) is 0 Å². The van der Waals surface area contributed by atoms with E-state index < -0.39 is 12.0 Å². The predicted octanol–water partition coefficient (Wildman–Crippen LogP) is 0.154. The summed E-state index contributed by atoms with van der Waals surface area (Å²) >= 11 is 0. The summed E-state index contributed by atoms with van der Waals surface area (Å²) in [4.78, 5) is 20.7. The SMILES string of the molecule is CC(CC(C)C(N)=O)NC(=O)O. The van der Waals surface area contributed by atoms with Gasteiger partial charge in [-0.05, 0) is 13.3 Å². The molecule has 0 saturated carbocycles. The molecular weight excluding hydrogens is 160 g/mol. The number of primary amides is 1. The van der Waals surface area contributed by atoms with E-state index in [1.165, 1.54) is 0 Å². The van der Waals surface area contributed by atoms with Crippen LogP contribution in [0.3, 0.4) is 0 Å². The molecule has 0 fully saturated rings. The van der Waals surface area contributed by atoms with E-state index in [0.29, 0.717) is 6.42 Å². The van der Waals surface area contributed by atoms with Crippen molar-refractivity contribution in [2.75, 3.05) is 0 Å². The van der Waals surface area contributed by atoms with Crippen LogP contribution < -0.4 is 11.1 Å². The Morgan fingerprint density at radius 2 is 2.00 bits per heavy atom. The molecule has 5 nitrogen and oxygen atoms in total. The van der Waals surface area contributed by atoms with E-state index in [1.54, 1.807) is 13.8 Å². The van der Waals surface area contributed by atoms with Gasteiger partial charge in [-0.3, -0.25) is 4.79 Å². The van der Waals surface area contributed by atoms with Gasteiger partial charge in [0.05, 0.1) is 0 Å². The zero-order valence-corrected chi connectivity index (χ0v) is 7.20. The van der Waals surface area contributed by atoms with Gasteiger partial charge in [-0.25, -0.2) is 4.79 Å². The first-order valence-electron chi connectivity index (χ1n) is 3.72. The first kappa shape index (κ1) is 10.7. The Hall–Kier alpha value is -1.26. The lowest BCUT2D eigenvalue weighted by Gasteiger charge is -2.14. The summed E-state index contributed by atoms with van der Waals surface area (Å²) in [6.07, 6.45) is -0.652. The summed E-state index contributed by atoms with van der Waals surface area (Å²) in [6.45, 7) is 3.36. The summed E-state index contributed by atoms with van der Waals surface area (Å²) in [6, 6.07) is -0.245. The fourth-order valence-electron chi connectivity index (χ4n) is 0.916. The van der Waals surface area contributed by atoms with Crippen molar-refractivity contribution in [3.05, 3.63) is 0 Å². The van der Waals surface area contributed by atoms with E-state index >= 15 is 0 Å². The van der Waals surface area contributed by atoms with Crippen LogP contribution in [0.1, 0.15) is 20.3 Å². The summed E-state index contributed by atoms with van der Waals surface area (Å²) in [5.74, 6) is -0.708. The Bertz CT molecular complexity index is 181. The van der Waals surface area contributed by atoms with Crippen LogP contribution in [0, 0.1) is 5.92 Å². The van der Waals surface area contributed by atoms with Crippen LogP contribution >= 0.6 is 0 Å². The van der Waals surface area contributed by atoms with Gasteiger partial charge in [0.25, 0.3) is 0 Å². The van der Waals surface area contributed by atoms with Crippen LogP contribution in [0.4, 0.5) is 4.79 Å². The lowest BCUT2D eigenvalue weighted by Crippen LogP contribution is -2.35. The maximum absolute atomic E-state index is 10.6. The number of hydrogen-bond acceptors (Lipinski definition) is 2. The smallest absolute Gasteiger partial charge is 0.404 e. The highest BCUT2D eigenvalue weighted by molar-refractivity contribution is 5.76. The molecule has 0 aromatic rings. The fourth-order valence-corrected chi connectivity index (χ4v) is 0.916. The second kappa shape index (κ2) is 4.58. The molecule has 2 unspecified atom stereocenters. The van der Waals surface area contributed by atoms with E-state index in [0.717, 1.165) is 0 Å². The van der Waals surface area contributed by atoms with Crippen molar-refractivity contribution in [3.8, 4) is 0 Å². The molecule has 0 aliphatic carbocycles. The van der Waals surface area contributed by atoms with Gasteiger partial charge in [-0.2, -0.15) is 0 Å². The third-order valence-electron chi connectivity index (χ3n) is 1.56. The molecule has 0 heterocycles. The third-order valence-corrected chi connectivity index (χ3v) is 1.56. The molecule has 2 atom stereocenters. The van der Waals surface area contributed by atoms with Crippen LogP contribution in [0.2, 0.25) is 0 Å². The normalized spacial score (nSPS) is 14.8. The molecule has 0 spiro atoms. The number of carbonyl (C=O) groups is 2. The average molecular weight is 174 g/mol. The maximum Gasteiger partial charge on any atom is 0.404 e. The minimum absolute atomic E-state index is 0.245. The van der Waals surface area contributed by atoms with Crippen LogP contribution in [-0.2, 0) is 4.79 Å². The van der Waals surface area contributed by atoms with Crippen molar-refractivity contribution in [2.24, 2.45) is 11.7 Å². The van der Waals surface area contributed by atoms with Crippen LogP contribution in [0.25, 0.3) is 0 Å². The number of hydrogen-bond donors (Lipinski definition) is 3. The topological polar surface area (TPSA) is 92.4 Å². The van der Waals surface area contributed by atoms with Gasteiger partial charge in [0, 0.05) is 12.0 Å². The lowest BCUT2D eigenvalue weighted by molar-refractivity contribution is -0.121. The Morgan fingerprint density at radius 3 is 2.33 bits per heavy atom. The number of nitrogens with two attached hydrogens (primary N) is 1. The van der Waals surface area contributed by atoms with Crippen molar-refractivity contribution < 1.29 is 14.7 Å². The van der Waals surface area contributed by atoms with Gasteiger partial charge in [0.1, 0.15) is 0 Å². The maximum atomic E-state index is 10.6. The molecular formula is C7H14N2O3.